The molecule has 2 heterocycles. The molecule has 0 aliphatic carbocycles. The first-order valence-corrected chi connectivity index (χ1v) is 12.4. The molecule has 1 aromatic rings. The van der Waals surface area contributed by atoms with E-state index in [0.29, 0.717) is 32.6 Å². The minimum atomic E-state index is -0.874. The standard InChI is InChI=1S/C26H40N6O2/c1-21-5-4-13-30(19-21)14-11-22-6-8-23(9-7-22)29-24(10-12-28-20-33)31-15-17-32(18-16-31)25(34)26(2,3)27/h6-10,12,20-21H,4-5,11,13-19,27H2,1-3H3,(H,28,33)/b12-10-,29-24+. The maximum atomic E-state index is 12.5. The topological polar surface area (TPSA) is 94.3 Å². The number of benzene rings is 1. The van der Waals surface area contributed by atoms with Crippen LogP contribution in [0.1, 0.15) is 39.2 Å². The Kier molecular flexibility index (Phi) is 9.24. The average molecular weight is 469 g/mol. The van der Waals surface area contributed by atoms with E-state index in [0.717, 1.165) is 30.4 Å². The number of nitrogens with zero attached hydrogens (tertiary/aromatic N) is 4. The van der Waals surface area contributed by atoms with Crippen molar-refractivity contribution in [1.29, 1.82) is 0 Å². The van der Waals surface area contributed by atoms with Crippen molar-refractivity contribution in [3.8, 4) is 0 Å². The van der Waals surface area contributed by atoms with E-state index in [2.05, 4.69) is 34.2 Å². The van der Waals surface area contributed by atoms with E-state index in [1.807, 2.05) is 12.1 Å². The van der Waals surface area contributed by atoms with Crippen LogP contribution in [-0.4, -0.2) is 84.2 Å². The highest BCUT2D eigenvalue weighted by Crippen LogP contribution is 2.19. The SMILES string of the molecule is CC1CCCN(CCc2ccc(/N=C(\C=C/NC=O)N3CCN(C(=O)C(C)(C)N)CC3)cc2)C1. The number of amidine groups is 1. The van der Waals surface area contributed by atoms with Gasteiger partial charge >= 0.3 is 0 Å². The number of aliphatic imine (C=N–C) groups is 1. The lowest BCUT2D eigenvalue weighted by atomic mass is 10.00. The van der Waals surface area contributed by atoms with Gasteiger partial charge in [0.25, 0.3) is 0 Å². The normalized spacial score (nSPS) is 20.6. The molecule has 2 aliphatic heterocycles. The molecule has 1 aromatic carbocycles. The van der Waals surface area contributed by atoms with Crippen LogP contribution in [0.25, 0.3) is 0 Å². The highest BCUT2D eigenvalue weighted by Gasteiger charge is 2.30. The van der Waals surface area contributed by atoms with E-state index in [1.54, 1.807) is 31.0 Å². The summed E-state index contributed by atoms with van der Waals surface area (Å²) in [5.74, 6) is 1.51. The van der Waals surface area contributed by atoms with Crippen LogP contribution >= 0.6 is 0 Å². The monoisotopic (exact) mass is 468 g/mol. The van der Waals surface area contributed by atoms with Gasteiger partial charge in [0.15, 0.2) is 0 Å². The number of nitrogens with one attached hydrogen (secondary N) is 1. The van der Waals surface area contributed by atoms with Crippen molar-refractivity contribution in [2.75, 3.05) is 45.8 Å². The largest absolute Gasteiger partial charge is 0.353 e. The van der Waals surface area contributed by atoms with E-state index in [-0.39, 0.29) is 5.91 Å². The lowest BCUT2D eigenvalue weighted by Gasteiger charge is -2.38. The van der Waals surface area contributed by atoms with Crippen LogP contribution in [0.3, 0.4) is 0 Å². The predicted molar refractivity (Wildman–Crippen MR) is 137 cm³/mol. The maximum Gasteiger partial charge on any atom is 0.242 e. The van der Waals surface area contributed by atoms with Gasteiger partial charge in [-0.3, -0.25) is 9.59 Å². The van der Waals surface area contributed by atoms with Crippen molar-refractivity contribution < 1.29 is 9.59 Å². The van der Waals surface area contributed by atoms with Gasteiger partial charge in [0.2, 0.25) is 12.3 Å². The number of nitrogens with two attached hydrogens (primary N) is 1. The number of rotatable bonds is 8. The Morgan fingerprint density at radius 2 is 1.82 bits per heavy atom. The second-order valence-corrected chi connectivity index (χ2v) is 10.1. The molecule has 0 bridgehead atoms. The van der Waals surface area contributed by atoms with Crippen molar-refractivity contribution in [2.45, 2.75) is 45.6 Å². The van der Waals surface area contributed by atoms with E-state index in [4.69, 9.17) is 10.7 Å². The quantitative estimate of drug-likeness (QED) is 0.346. The fourth-order valence-electron chi connectivity index (χ4n) is 4.57. The number of amides is 2. The van der Waals surface area contributed by atoms with E-state index in [1.165, 1.54) is 31.5 Å². The van der Waals surface area contributed by atoms with Crippen LogP contribution in [0.15, 0.2) is 41.5 Å². The molecule has 186 valence electrons. The molecule has 1 unspecified atom stereocenters. The molecule has 0 spiro atoms. The second kappa shape index (κ2) is 12.1. The lowest BCUT2D eigenvalue weighted by molar-refractivity contribution is -0.137. The smallest absolute Gasteiger partial charge is 0.242 e. The molecule has 34 heavy (non-hydrogen) atoms. The van der Waals surface area contributed by atoms with Gasteiger partial charge in [0.1, 0.15) is 5.84 Å². The minimum absolute atomic E-state index is 0.0431. The number of piperidine rings is 1. The zero-order chi connectivity index (χ0) is 24.6. The fraction of sp³-hybridized carbons (Fsp3) is 0.577. The van der Waals surface area contributed by atoms with Crippen molar-refractivity contribution in [2.24, 2.45) is 16.6 Å². The van der Waals surface area contributed by atoms with Crippen LogP contribution in [0.2, 0.25) is 0 Å². The van der Waals surface area contributed by atoms with Crippen LogP contribution in [0.4, 0.5) is 5.69 Å². The summed E-state index contributed by atoms with van der Waals surface area (Å²) in [4.78, 5) is 34.5. The van der Waals surface area contributed by atoms with Gasteiger partial charge in [-0.1, -0.05) is 19.1 Å². The molecular formula is C26H40N6O2. The molecule has 2 aliphatic rings. The van der Waals surface area contributed by atoms with Crippen LogP contribution in [-0.2, 0) is 16.0 Å². The lowest BCUT2D eigenvalue weighted by Crippen LogP contribution is -2.57. The minimum Gasteiger partial charge on any atom is -0.353 e. The van der Waals surface area contributed by atoms with Crippen molar-refractivity contribution in [1.82, 2.24) is 20.0 Å². The first-order valence-electron chi connectivity index (χ1n) is 12.4. The van der Waals surface area contributed by atoms with Crippen molar-refractivity contribution in [3.63, 3.8) is 0 Å². The Balaban J connectivity index is 1.63. The number of hydrogen-bond donors (Lipinski definition) is 2. The summed E-state index contributed by atoms with van der Waals surface area (Å²) in [5, 5.41) is 2.56. The predicted octanol–water partition coefficient (Wildman–Crippen LogP) is 2.13. The average Bonchev–Trinajstić information content (AvgIpc) is 2.82. The molecule has 3 rings (SSSR count). The number of piperazine rings is 1. The molecule has 0 radical (unpaired) electrons. The molecule has 3 N–H and O–H groups in total. The summed E-state index contributed by atoms with van der Waals surface area (Å²) in [6, 6.07) is 8.39. The van der Waals surface area contributed by atoms with Gasteiger partial charge in [-0.25, -0.2) is 4.99 Å². The van der Waals surface area contributed by atoms with Gasteiger partial charge in [-0.15, -0.1) is 0 Å². The van der Waals surface area contributed by atoms with Gasteiger partial charge < -0.3 is 25.8 Å². The molecule has 1 atom stereocenters. The van der Waals surface area contributed by atoms with Crippen LogP contribution < -0.4 is 11.1 Å². The summed E-state index contributed by atoms with van der Waals surface area (Å²) < 4.78 is 0. The Hall–Kier alpha value is -2.71. The number of carbonyl (C=O) groups excluding carboxylic acids is 2. The molecular weight excluding hydrogens is 428 g/mol. The Morgan fingerprint density at radius 3 is 2.44 bits per heavy atom. The van der Waals surface area contributed by atoms with Gasteiger partial charge in [-0.2, -0.15) is 0 Å². The molecule has 2 fully saturated rings. The van der Waals surface area contributed by atoms with Gasteiger partial charge in [0, 0.05) is 45.5 Å². The van der Waals surface area contributed by atoms with Gasteiger partial charge in [0.05, 0.1) is 11.2 Å². The summed E-state index contributed by atoms with van der Waals surface area (Å²) in [7, 11) is 0. The molecule has 0 saturated carbocycles. The van der Waals surface area contributed by atoms with Gasteiger partial charge in [-0.05, 0) is 69.3 Å². The highest BCUT2D eigenvalue weighted by atomic mass is 16.2. The third kappa shape index (κ3) is 7.67. The molecule has 0 aromatic heterocycles. The maximum absolute atomic E-state index is 12.5. The summed E-state index contributed by atoms with van der Waals surface area (Å²) in [6.45, 7) is 11.8. The highest BCUT2D eigenvalue weighted by molar-refractivity contribution is 5.95. The first-order chi connectivity index (χ1) is 16.3. The Morgan fingerprint density at radius 1 is 1.15 bits per heavy atom. The zero-order valence-electron chi connectivity index (χ0n) is 20.9. The number of hydrogen-bond acceptors (Lipinski definition) is 5. The zero-order valence-corrected chi connectivity index (χ0v) is 20.9. The summed E-state index contributed by atoms with van der Waals surface area (Å²) >= 11 is 0. The first kappa shape index (κ1) is 25.9. The Bertz CT molecular complexity index is 866. The van der Waals surface area contributed by atoms with Crippen LogP contribution in [0, 0.1) is 5.92 Å². The molecule has 2 amide bonds. The van der Waals surface area contributed by atoms with Crippen LogP contribution in [0.5, 0.6) is 0 Å². The molecule has 2 saturated heterocycles. The van der Waals surface area contributed by atoms with Crippen molar-refractivity contribution in [3.05, 3.63) is 42.1 Å². The molecule has 8 heteroatoms. The number of carbonyl (C=O) groups is 2. The third-order valence-electron chi connectivity index (χ3n) is 6.48. The molecule has 8 nitrogen and oxygen atoms in total. The van der Waals surface area contributed by atoms with E-state index in [9.17, 15) is 9.59 Å². The van der Waals surface area contributed by atoms with E-state index >= 15 is 0 Å². The summed E-state index contributed by atoms with van der Waals surface area (Å²) in [6.07, 6.45) is 7.70. The Labute approximate surface area is 203 Å². The fourth-order valence-corrected chi connectivity index (χ4v) is 4.57. The van der Waals surface area contributed by atoms with E-state index < -0.39 is 5.54 Å². The number of likely N-dealkylation sites (tertiary alicyclic amines) is 1. The second-order valence-electron chi connectivity index (χ2n) is 10.1. The summed E-state index contributed by atoms with van der Waals surface area (Å²) in [5.41, 5.74) is 7.29. The van der Waals surface area contributed by atoms with Crippen molar-refractivity contribution >= 4 is 23.8 Å². The third-order valence-corrected chi connectivity index (χ3v) is 6.48.